The molecule has 1 aliphatic rings. The molecule has 154 valence electrons. The Morgan fingerprint density at radius 3 is 2.96 bits per heavy atom. The molecule has 3 rings (SSSR count). The van der Waals surface area contributed by atoms with E-state index >= 15 is 0 Å². The van der Waals surface area contributed by atoms with Gasteiger partial charge >= 0.3 is 13.4 Å². The van der Waals surface area contributed by atoms with E-state index in [1.807, 2.05) is 0 Å². The van der Waals surface area contributed by atoms with Gasteiger partial charge in [0.1, 0.15) is 12.4 Å². The molecule has 1 aliphatic heterocycles. The number of aryl methyl sites for hydroxylation is 1. The van der Waals surface area contributed by atoms with Crippen LogP contribution in [0.25, 0.3) is 11.2 Å². The molecule has 2 aromatic rings. The fourth-order valence-electron chi connectivity index (χ4n) is 3.01. The number of aromatic amines is 1. The molecule has 1 saturated heterocycles. The van der Waals surface area contributed by atoms with E-state index in [1.165, 1.54) is 15.5 Å². The van der Waals surface area contributed by atoms with Gasteiger partial charge in [-0.05, 0) is 0 Å². The number of aldehydes is 1. The molecular weight excluding hydrogens is 420 g/mol. The van der Waals surface area contributed by atoms with Gasteiger partial charge < -0.3 is 30.2 Å². The number of phosphoric acid groups is 1. The van der Waals surface area contributed by atoms with Gasteiger partial charge in [0.05, 0.1) is 25.7 Å². The lowest BCUT2D eigenvalue weighted by atomic mass is 10.0. The van der Waals surface area contributed by atoms with Gasteiger partial charge in [0.15, 0.2) is 9.03 Å². The van der Waals surface area contributed by atoms with Crippen molar-refractivity contribution in [3.8, 4) is 0 Å². The molecule has 1 fully saturated rings. The maximum atomic E-state index is 12.1. The first-order valence-corrected chi connectivity index (χ1v) is 10.1. The lowest BCUT2D eigenvalue weighted by Gasteiger charge is -2.16. The lowest BCUT2D eigenvalue weighted by Crippen LogP contribution is -2.32. The highest BCUT2D eigenvalue weighted by molar-refractivity contribution is 7.54. The average Bonchev–Trinajstić information content (AvgIpc) is 3.09. The van der Waals surface area contributed by atoms with E-state index in [1.54, 1.807) is 7.05 Å². The molecule has 6 N–H and O–H groups in total. The minimum atomic E-state index is -4.54. The summed E-state index contributed by atoms with van der Waals surface area (Å²) < 4.78 is 28.8. The number of hydrogen-bond donors (Lipinski definition) is 5. The fourth-order valence-corrected chi connectivity index (χ4v) is 3.97. The molecule has 0 aromatic carbocycles. The Bertz CT molecular complexity index is 994. The number of rotatable bonds is 7. The van der Waals surface area contributed by atoms with Gasteiger partial charge in [-0.25, -0.2) is 13.4 Å². The molecule has 0 bridgehead atoms. The van der Waals surface area contributed by atoms with Crippen molar-refractivity contribution in [2.24, 2.45) is 13.0 Å². The van der Waals surface area contributed by atoms with E-state index in [-0.39, 0.29) is 17.1 Å². The second kappa shape index (κ2) is 7.93. The zero-order valence-electron chi connectivity index (χ0n) is 14.3. The number of nitrogen functional groups attached to an aromatic ring is 1. The summed E-state index contributed by atoms with van der Waals surface area (Å²) in [4.78, 5) is 47.9. The predicted octanol–water partition coefficient (Wildman–Crippen LogP) is -2.16. The smallest absolute Gasteiger partial charge is 0.385 e. The number of nitrogens with two attached hydrogens (primary N) is 1. The zero-order chi connectivity index (χ0) is 20.6. The average molecular weight is 438 g/mol. The zero-order valence-corrected chi connectivity index (χ0v) is 16.2. The summed E-state index contributed by atoms with van der Waals surface area (Å²) in [5.74, 6) is -1.26. The second-order valence-corrected chi connectivity index (χ2v) is 8.08. The van der Waals surface area contributed by atoms with Crippen molar-refractivity contribution >= 4 is 40.3 Å². The third-order valence-corrected chi connectivity index (χ3v) is 5.93. The number of carbonyl (C=O) groups excluding carboxylic acids is 1. The summed E-state index contributed by atoms with van der Waals surface area (Å²) in [6.45, 7) is -0.573. The van der Waals surface area contributed by atoms with Crippen LogP contribution in [0.5, 0.6) is 0 Å². The van der Waals surface area contributed by atoms with Crippen LogP contribution in [0.1, 0.15) is 6.23 Å². The first kappa shape index (κ1) is 21.0. The maximum absolute atomic E-state index is 12.1. The van der Waals surface area contributed by atoms with Crippen molar-refractivity contribution in [2.75, 3.05) is 12.3 Å². The number of nitrogens with one attached hydrogen (secondary N) is 1. The standard InChI is InChI=1S/C12H17N5O9P2/c1-16-4-17(9-7(16)10(20)15-12(13)14-9)11-8(19)5(2-18)6(25-11)3-24-28(22,23)26-27-21/h2,4-6,8,11,19,21,27H,3H2,1H3,(H3-,13,14,15,20,22,23)/p+1/t5-,6+,8?,11+/m0/s1. The molecule has 0 saturated carbocycles. The number of H-pyrrole nitrogens is 1. The summed E-state index contributed by atoms with van der Waals surface area (Å²) in [5.41, 5.74) is 5.34. The van der Waals surface area contributed by atoms with Gasteiger partial charge in [0.25, 0.3) is 11.2 Å². The molecule has 14 nitrogen and oxygen atoms in total. The van der Waals surface area contributed by atoms with Gasteiger partial charge in [-0.3, -0.25) is 14.3 Å². The van der Waals surface area contributed by atoms with Gasteiger partial charge in [0, 0.05) is 0 Å². The molecule has 28 heavy (non-hydrogen) atoms. The highest BCUT2D eigenvalue weighted by Crippen LogP contribution is 2.49. The van der Waals surface area contributed by atoms with E-state index in [0.717, 1.165) is 0 Å². The Hall–Kier alpha value is -1.76. The molecule has 6 atom stereocenters. The van der Waals surface area contributed by atoms with E-state index in [2.05, 4.69) is 18.8 Å². The van der Waals surface area contributed by atoms with Crippen LogP contribution in [0.2, 0.25) is 0 Å². The van der Waals surface area contributed by atoms with Gasteiger partial charge in [0.2, 0.25) is 18.5 Å². The SMILES string of the molecule is C[n+]1cn([C@@H]2O[C@H](COP(=O)(O)OPO)[C@H](C=O)C2O)c2nc(N)[nH]c(=O)c21. The number of fused-ring (bicyclic) bond motifs is 1. The van der Waals surface area contributed by atoms with Crippen LogP contribution in [-0.4, -0.2) is 54.5 Å². The summed E-state index contributed by atoms with van der Waals surface area (Å²) in [6, 6.07) is 0. The van der Waals surface area contributed by atoms with E-state index in [0.29, 0.717) is 6.29 Å². The summed E-state index contributed by atoms with van der Waals surface area (Å²) in [6.07, 6.45) is -1.78. The molecule has 3 unspecified atom stereocenters. The number of anilines is 1. The topological polar surface area (TPSA) is 203 Å². The van der Waals surface area contributed by atoms with Crippen LogP contribution in [-0.2, 0) is 30.0 Å². The molecule has 2 aromatic heterocycles. The van der Waals surface area contributed by atoms with Crippen molar-refractivity contribution < 1.29 is 42.4 Å². The quantitative estimate of drug-likeness (QED) is 0.179. The summed E-state index contributed by atoms with van der Waals surface area (Å²) in [7, 11) is -4.25. The molecular formula is C12H18N5O9P2+. The number of carbonyl (C=O) groups is 1. The number of nitrogens with zero attached hydrogens (tertiary/aromatic N) is 3. The number of hydrogen-bond acceptors (Lipinski definition) is 10. The number of phosphoric ester groups is 1. The molecule has 0 aliphatic carbocycles. The second-order valence-electron chi connectivity index (χ2n) is 5.97. The van der Waals surface area contributed by atoms with Gasteiger partial charge in [-0.2, -0.15) is 9.55 Å². The van der Waals surface area contributed by atoms with Gasteiger partial charge in [-0.15, -0.1) is 0 Å². The number of aliphatic hydroxyl groups excluding tert-OH is 1. The number of aliphatic hydroxyl groups is 1. The van der Waals surface area contributed by atoms with Crippen molar-refractivity contribution in [1.29, 1.82) is 0 Å². The maximum Gasteiger partial charge on any atom is 0.477 e. The molecule has 0 radical (unpaired) electrons. The Labute approximate surface area is 158 Å². The van der Waals surface area contributed by atoms with E-state index < -0.39 is 53.4 Å². The van der Waals surface area contributed by atoms with Crippen LogP contribution < -0.4 is 15.9 Å². The minimum Gasteiger partial charge on any atom is -0.385 e. The van der Waals surface area contributed by atoms with Gasteiger partial charge in [-0.1, -0.05) is 0 Å². The lowest BCUT2D eigenvalue weighted by molar-refractivity contribution is -0.646. The highest BCUT2D eigenvalue weighted by atomic mass is 31.2. The highest BCUT2D eigenvalue weighted by Gasteiger charge is 2.49. The summed E-state index contributed by atoms with van der Waals surface area (Å²) in [5, 5.41) is 10.5. The third-order valence-electron chi connectivity index (χ3n) is 4.21. The predicted molar refractivity (Wildman–Crippen MR) is 92.8 cm³/mol. The monoisotopic (exact) mass is 438 g/mol. The largest absolute Gasteiger partial charge is 0.477 e. The van der Waals surface area contributed by atoms with Crippen molar-refractivity contribution in [3.63, 3.8) is 0 Å². The molecule has 16 heteroatoms. The normalized spacial score (nSPS) is 27.6. The number of imidazole rings is 1. The summed E-state index contributed by atoms with van der Waals surface area (Å²) >= 11 is 0. The first-order valence-electron chi connectivity index (χ1n) is 7.78. The Morgan fingerprint density at radius 2 is 2.32 bits per heavy atom. The van der Waals surface area contributed by atoms with E-state index in [4.69, 9.17) is 15.4 Å². The van der Waals surface area contributed by atoms with Crippen LogP contribution in [0, 0.1) is 5.92 Å². The van der Waals surface area contributed by atoms with Crippen LogP contribution in [0.15, 0.2) is 11.1 Å². The van der Waals surface area contributed by atoms with Crippen molar-refractivity contribution in [2.45, 2.75) is 18.4 Å². The van der Waals surface area contributed by atoms with Crippen molar-refractivity contribution in [1.82, 2.24) is 14.5 Å². The Morgan fingerprint density at radius 1 is 1.61 bits per heavy atom. The molecule has 0 amide bonds. The Balaban J connectivity index is 1.92. The first-order chi connectivity index (χ1) is 13.2. The molecule has 3 heterocycles. The van der Waals surface area contributed by atoms with Crippen LogP contribution in [0.4, 0.5) is 5.95 Å². The fraction of sp³-hybridized carbons (Fsp3) is 0.500. The number of aromatic nitrogens is 4. The van der Waals surface area contributed by atoms with E-state index in [9.17, 15) is 24.2 Å². The number of ether oxygens (including phenoxy) is 1. The third kappa shape index (κ3) is 3.86. The minimum absolute atomic E-state index is 0.108. The van der Waals surface area contributed by atoms with Crippen LogP contribution >= 0.6 is 16.9 Å². The van der Waals surface area contributed by atoms with Crippen molar-refractivity contribution in [3.05, 3.63) is 16.7 Å². The Kier molecular flexibility index (Phi) is 5.94. The molecule has 0 spiro atoms. The van der Waals surface area contributed by atoms with Crippen LogP contribution in [0.3, 0.4) is 0 Å².